The van der Waals surface area contributed by atoms with E-state index >= 15 is 0 Å². The third kappa shape index (κ3) is 4.09. The highest BCUT2D eigenvalue weighted by molar-refractivity contribution is 6.30. The first-order valence-corrected chi connectivity index (χ1v) is 9.31. The number of rotatable bonds is 3. The van der Waals surface area contributed by atoms with Crippen LogP contribution >= 0.6 is 11.6 Å². The first-order valence-electron chi connectivity index (χ1n) is 8.93. The number of carbonyl (C=O) groups excluding carboxylic acids is 1. The van der Waals surface area contributed by atoms with Crippen molar-refractivity contribution < 1.29 is 4.79 Å². The van der Waals surface area contributed by atoms with Crippen molar-refractivity contribution >= 4 is 17.5 Å². The van der Waals surface area contributed by atoms with E-state index < -0.39 is 0 Å². The van der Waals surface area contributed by atoms with Gasteiger partial charge in [0.25, 0.3) is 5.91 Å². The van der Waals surface area contributed by atoms with E-state index in [0.29, 0.717) is 10.6 Å². The summed E-state index contributed by atoms with van der Waals surface area (Å²) in [6.07, 6.45) is -0.210. The van der Waals surface area contributed by atoms with Crippen LogP contribution in [0.1, 0.15) is 55.1 Å². The molecule has 0 bridgehead atoms. The summed E-state index contributed by atoms with van der Waals surface area (Å²) in [7, 11) is 0. The number of nitrogens with one attached hydrogen (secondary N) is 3. The number of carbonyl (C=O) groups is 1. The highest BCUT2D eigenvalue weighted by Crippen LogP contribution is 2.28. The maximum Gasteiger partial charge on any atom is 0.252 e. The van der Waals surface area contributed by atoms with Gasteiger partial charge in [0.2, 0.25) is 0 Å². The monoisotopic (exact) mass is 371 g/mol. The Morgan fingerprint density at radius 3 is 2.38 bits per heavy atom. The third-order valence-electron chi connectivity index (χ3n) is 4.90. The lowest BCUT2D eigenvalue weighted by Crippen LogP contribution is -2.46. The minimum atomic E-state index is -0.210. The van der Waals surface area contributed by atoms with Crippen LogP contribution in [0.4, 0.5) is 0 Å². The third-order valence-corrected chi connectivity index (χ3v) is 5.13. The molecule has 4 nitrogen and oxygen atoms in total. The van der Waals surface area contributed by atoms with Gasteiger partial charge in [0.15, 0.2) is 0 Å². The Kier molecular flexibility index (Phi) is 5.37. The fourth-order valence-corrected chi connectivity index (χ4v) is 3.56. The highest BCUT2D eigenvalue weighted by atomic mass is 35.5. The van der Waals surface area contributed by atoms with Crippen molar-refractivity contribution in [2.45, 2.75) is 51.2 Å². The van der Waals surface area contributed by atoms with Crippen LogP contribution in [-0.4, -0.2) is 18.1 Å². The molecule has 0 aromatic heterocycles. The Morgan fingerprint density at radius 2 is 1.77 bits per heavy atom. The van der Waals surface area contributed by atoms with E-state index in [1.165, 1.54) is 5.56 Å². The topological polar surface area (TPSA) is 53.2 Å². The molecule has 0 aliphatic carbocycles. The molecule has 3 atom stereocenters. The molecular formula is C21H26ClN3O. The molecule has 2 aromatic carbocycles. The summed E-state index contributed by atoms with van der Waals surface area (Å²) >= 11 is 6.14. The number of hydrazine groups is 1. The molecule has 5 heteroatoms. The summed E-state index contributed by atoms with van der Waals surface area (Å²) < 4.78 is 0. The second kappa shape index (κ2) is 7.39. The Hall–Kier alpha value is -1.88. The van der Waals surface area contributed by atoms with Crippen LogP contribution in [0.2, 0.25) is 5.02 Å². The molecular weight excluding hydrogens is 346 g/mol. The average molecular weight is 372 g/mol. The van der Waals surface area contributed by atoms with E-state index in [1.807, 2.05) is 48.5 Å². The largest absolute Gasteiger partial charge is 0.335 e. The van der Waals surface area contributed by atoms with E-state index in [2.05, 4.69) is 43.9 Å². The summed E-state index contributed by atoms with van der Waals surface area (Å²) in [5.41, 5.74) is 9.43. The zero-order valence-electron chi connectivity index (χ0n) is 15.6. The molecule has 0 saturated carbocycles. The zero-order valence-corrected chi connectivity index (χ0v) is 16.4. The lowest BCUT2D eigenvalue weighted by molar-refractivity contribution is 0.0928. The predicted octanol–water partition coefficient (Wildman–Crippen LogP) is 3.97. The molecule has 1 aliphatic rings. The lowest BCUT2D eigenvalue weighted by Gasteiger charge is -2.23. The van der Waals surface area contributed by atoms with Gasteiger partial charge >= 0.3 is 0 Å². The van der Waals surface area contributed by atoms with Gasteiger partial charge < -0.3 is 5.32 Å². The molecule has 1 heterocycles. The van der Waals surface area contributed by atoms with Gasteiger partial charge in [-0.2, -0.15) is 0 Å². The lowest BCUT2D eigenvalue weighted by atomic mass is 9.86. The fourth-order valence-electron chi connectivity index (χ4n) is 3.36. The maximum atomic E-state index is 12.7. The van der Waals surface area contributed by atoms with Crippen LogP contribution < -0.4 is 16.2 Å². The fraction of sp³-hybridized carbons (Fsp3) is 0.381. The van der Waals surface area contributed by atoms with Gasteiger partial charge in [-0.25, -0.2) is 5.43 Å². The van der Waals surface area contributed by atoms with Crippen LogP contribution in [0, 0.1) is 0 Å². The summed E-state index contributed by atoms with van der Waals surface area (Å²) in [4.78, 5) is 12.7. The second-order valence-electron chi connectivity index (χ2n) is 7.94. The molecule has 0 radical (unpaired) electrons. The quantitative estimate of drug-likeness (QED) is 0.765. The van der Waals surface area contributed by atoms with Crippen LogP contribution in [-0.2, 0) is 5.41 Å². The Morgan fingerprint density at radius 1 is 1.08 bits per heavy atom. The Balaban J connectivity index is 1.75. The van der Waals surface area contributed by atoms with E-state index in [9.17, 15) is 4.79 Å². The molecule has 1 amide bonds. The Labute approximate surface area is 160 Å². The smallest absolute Gasteiger partial charge is 0.252 e. The number of hydrogen-bond donors (Lipinski definition) is 3. The normalized spacial score (nSPS) is 23.0. The van der Waals surface area contributed by atoms with Crippen LogP contribution in [0.15, 0.2) is 48.5 Å². The second-order valence-corrected chi connectivity index (χ2v) is 8.37. The number of benzene rings is 2. The molecule has 1 saturated heterocycles. The van der Waals surface area contributed by atoms with Crippen molar-refractivity contribution in [2.24, 2.45) is 0 Å². The summed E-state index contributed by atoms with van der Waals surface area (Å²) in [5.74, 6) is -0.00242. The van der Waals surface area contributed by atoms with E-state index in [0.717, 1.165) is 5.56 Å². The first-order chi connectivity index (χ1) is 12.3. The summed E-state index contributed by atoms with van der Waals surface area (Å²) in [5, 5.41) is 3.79. The first kappa shape index (κ1) is 18.9. The molecule has 2 aromatic rings. The number of halogens is 1. The van der Waals surface area contributed by atoms with Gasteiger partial charge in [0.1, 0.15) is 6.17 Å². The van der Waals surface area contributed by atoms with Gasteiger partial charge in [0, 0.05) is 22.5 Å². The number of amides is 1. The maximum absolute atomic E-state index is 12.7. The minimum absolute atomic E-state index is 0.0685. The van der Waals surface area contributed by atoms with Gasteiger partial charge in [-0.3, -0.25) is 10.2 Å². The van der Waals surface area contributed by atoms with Crippen LogP contribution in [0.25, 0.3) is 0 Å². The molecule has 3 N–H and O–H groups in total. The van der Waals surface area contributed by atoms with E-state index in [4.69, 9.17) is 11.6 Å². The SMILES string of the molecule is CC1NNC(NC(=O)c2ccc(C(C)(C)C)cc2)C1c1cccc(Cl)c1. The van der Waals surface area contributed by atoms with Crippen LogP contribution in [0.3, 0.4) is 0 Å². The highest BCUT2D eigenvalue weighted by Gasteiger charge is 2.35. The number of hydrogen-bond acceptors (Lipinski definition) is 3. The van der Waals surface area contributed by atoms with Crippen LogP contribution in [0.5, 0.6) is 0 Å². The Bertz CT molecular complexity index is 783. The van der Waals surface area contributed by atoms with Crippen molar-refractivity contribution in [3.63, 3.8) is 0 Å². The standard InChI is InChI=1S/C21H26ClN3O/c1-13-18(15-6-5-7-17(22)12-15)19(25-24-13)23-20(26)14-8-10-16(11-9-14)21(2,3)4/h5-13,18-19,24-25H,1-4H3,(H,23,26). The summed E-state index contributed by atoms with van der Waals surface area (Å²) in [6, 6.07) is 15.8. The molecule has 1 fully saturated rings. The van der Waals surface area contributed by atoms with Gasteiger partial charge in [-0.05, 0) is 47.7 Å². The molecule has 26 heavy (non-hydrogen) atoms. The van der Waals surface area contributed by atoms with Gasteiger partial charge in [-0.15, -0.1) is 0 Å². The molecule has 3 unspecified atom stereocenters. The van der Waals surface area contributed by atoms with Crippen molar-refractivity contribution in [2.75, 3.05) is 0 Å². The summed E-state index contributed by atoms with van der Waals surface area (Å²) in [6.45, 7) is 8.57. The van der Waals surface area contributed by atoms with Gasteiger partial charge in [-0.1, -0.05) is 56.6 Å². The molecule has 3 rings (SSSR count). The van der Waals surface area contributed by atoms with Crippen molar-refractivity contribution in [1.82, 2.24) is 16.2 Å². The predicted molar refractivity (Wildman–Crippen MR) is 106 cm³/mol. The van der Waals surface area contributed by atoms with Crippen molar-refractivity contribution in [3.8, 4) is 0 Å². The molecule has 138 valence electrons. The average Bonchev–Trinajstić information content (AvgIpc) is 2.94. The van der Waals surface area contributed by atoms with Gasteiger partial charge in [0.05, 0.1) is 0 Å². The van der Waals surface area contributed by atoms with E-state index in [-0.39, 0.29) is 29.4 Å². The van der Waals surface area contributed by atoms with Crippen molar-refractivity contribution in [1.29, 1.82) is 0 Å². The molecule has 1 aliphatic heterocycles. The minimum Gasteiger partial charge on any atom is -0.335 e. The zero-order chi connectivity index (χ0) is 18.9. The van der Waals surface area contributed by atoms with Crippen molar-refractivity contribution in [3.05, 3.63) is 70.2 Å². The molecule has 0 spiro atoms. The van der Waals surface area contributed by atoms with E-state index in [1.54, 1.807) is 0 Å².